The van der Waals surface area contributed by atoms with Crippen LogP contribution in [0.3, 0.4) is 0 Å². The zero-order valence-corrected chi connectivity index (χ0v) is 15.6. The lowest BCUT2D eigenvalue weighted by atomic mass is 10.3. The van der Waals surface area contributed by atoms with Crippen molar-refractivity contribution in [3.63, 3.8) is 0 Å². The molecular formula is C18H15N7O2S. The first-order valence-electron chi connectivity index (χ1n) is 8.37. The molecule has 10 heteroatoms. The minimum atomic E-state index is -0.820. The molecule has 0 spiro atoms. The van der Waals surface area contributed by atoms with Gasteiger partial charge in [0, 0.05) is 24.5 Å². The number of anilines is 1. The van der Waals surface area contributed by atoms with Crippen molar-refractivity contribution < 1.29 is 4.79 Å². The van der Waals surface area contributed by atoms with Gasteiger partial charge in [0.05, 0.1) is 4.88 Å². The van der Waals surface area contributed by atoms with Crippen LogP contribution in [0.4, 0.5) is 5.82 Å². The van der Waals surface area contributed by atoms with E-state index in [-0.39, 0.29) is 5.56 Å². The summed E-state index contributed by atoms with van der Waals surface area (Å²) < 4.78 is 2.86. The Labute approximate surface area is 163 Å². The van der Waals surface area contributed by atoms with Crippen molar-refractivity contribution in [2.45, 2.75) is 13.0 Å². The fraction of sp³-hybridized carbons (Fsp3) is 0.111. The Bertz CT molecular complexity index is 1150. The molecule has 0 bridgehead atoms. The average Bonchev–Trinajstić information content (AvgIpc) is 3.42. The van der Waals surface area contributed by atoms with Crippen molar-refractivity contribution in [1.82, 2.24) is 29.3 Å². The van der Waals surface area contributed by atoms with Gasteiger partial charge < -0.3 is 5.32 Å². The van der Waals surface area contributed by atoms with Crippen LogP contribution in [-0.2, 0) is 4.79 Å². The molecule has 1 unspecified atom stereocenters. The molecule has 0 aliphatic rings. The second-order valence-corrected chi connectivity index (χ2v) is 6.82. The predicted octanol–water partition coefficient (Wildman–Crippen LogP) is 2.15. The highest BCUT2D eigenvalue weighted by Gasteiger charge is 2.19. The molecule has 1 amide bonds. The first-order chi connectivity index (χ1) is 13.6. The summed E-state index contributed by atoms with van der Waals surface area (Å²) in [5, 5.41) is 8.97. The highest BCUT2D eigenvalue weighted by atomic mass is 32.1. The van der Waals surface area contributed by atoms with Gasteiger partial charge in [0.25, 0.3) is 5.56 Å². The average molecular weight is 393 g/mol. The minimum Gasteiger partial charge on any atom is -0.309 e. The van der Waals surface area contributed by atoms with Crippen molar-refractivity contribution in [2.24, 2.45) is 0 Å². The highest BCUT2D eigenvalue weighted by Crippen LogP contribution is 2.21. The van der Waals surface area contributed by atoms with Gasteiger partial charge in [-0.2, -0.15) is 5.10 Å². The molecule has 4 heterocycles. The molecule has 0 saturated carbocycles. The number of hydrogen-bond acceptors (Lipinski definition) is 7. The van der Waals surface area contributed by atoms with E-state index in [9.17, 15) is 9.59 Å². The molecule has 4 aromatic rings. The van der Waals surface area contributed by atoms with Crippen LogP contribution in [0.2, 0.25) is 0 Å². The van der Waals surface area contributed by atoms with Crippen LogP contribution in [0.1, 0.15) is 13.0 Å². The maximum Gasteiger partial charge on any atom is 0.267 e. The highest BCUT2D eigenvalue weighted by molar-refractivity contribution is 7.13. The molecule has 0 fully saturated rings. The Kier molecular flexibility index (Phi) is 4.77. The first kappa shape index (κ1) is 17.7. The van der Waals surface area contributed by atoms with Gasteiger partial charge in [-0.05, 0) is 24.4 Å². The molecule has 0 radical (unpaired) electrons. The van der Waals surface area contributed by atoms with Crippen LogP contribution in [0.15, 0.2) is 65.6 Å². The van der Waals surface area contributed by atoms with Gasteiger partial charge in [0.2, 0.25) is 5.91 Å². The van der Waals surface area contributed by atoms with E-state index in [1.54, 1.807) is 42.3 Å². The maximum atomic E-state index is 12.7. The van der Waals surface area contributed by atoms with E-state index < -0.39 is 11.9 Å². The maximum absolute atomic E-state index is 12.7. The summed E-state index contributed by atoms with van der Waals surface area (Å²) in [5.74, 6) is 0.469. The summed E-state index contributed by atoms with van der Waals surface area (Å²) in [7, 11) is 0. The number of thiophene rings is 1. The molecule has 0 aliphatic carbocycles. The van der Waals surface area contributed by atoms with Gasteiger partial charge >= 0.3 is 0 Å². The number of nitrogens with one attached hydrogen (secondary N) is 1. The molecule has 1 atom stereocenters. The molecule has 0 aromatic carbocycles. The number of rotatable bonds is 5. The Hall–Kier alpha value is -3.66. The number of imidazole rings is 1. The minimum absolute atomic E-state index is 0.318. The van der Waals surface area contributed by atoms with E-state index in [2.05, 4.69) is 25.4 Å². The van der Waals surface area contributed by atoms with Crippen LogP contribution in [0.25, 0.3) is 16.4 Å². The van der Waals surface area contributed by atoms with Crippen LogP contribution in [0, 0.1) is 0 Å². The lowest BCUT2D eigenvalue weighted by Crippen LogP contribution is -2.33. The normalized spacial score (nSPS) is 11.9. The fourth-order valence-electron chi connectivity index (χ4n) is 2.55. The van der Waals surface area contributed by atoms with Gasteiger partial charge in [-0.3, -0.25) is 14.2 Å². The predicted molar refractivity (Wildman–Crippen MR) is 104 cm³/mol. The van der Waals surface area contributed by atoms with Crippen LogP contribution in [-0.4, -0.2) is 35.2 Å². The van der Waals surface area contributed by atoms with E-state index in [1.807, 2.05) is 17.5 Å². The van der Waals surface area contributed by atoms with Crippen LogP contribution in [0.5, 0.6) is 0 Å². The third-order valence-corrected chi connectivity index (χ3v) is 4.91. The van der Waals surface area contributed by atoms with E-state index in [1.165, 1.54) is 28.4 Å². The Morgan fingerprint density at radius 1 is 1.25 bits per heavy atom. The number of carbonyl (C=O) groups excluding carboxylic acids is 1. The lowest BCUT2D eigenvalue weighted by Gasteiger charge is -2.14. The van der Waals surface area contributed by atoms with Crippen LogP contribution >= 0.6 is 11.3 Å². The molecule has 28 heavy (non-hydrogen) atoms. The van der Waals surface area contributed by atoms with Crippen molar-refractivity contribution in [3.8, 4) is 16.4 Å². The molecular weight excluding hydrogens is 378 g/mol. The topological polar surface area (TPSA) is 108 Å². The molecule has 1 N–H and O–H groups in total. The summed E-state index contributed by atoms with van der Waals surface area (Å²) in [4.78, 5) is 38.0. The van der Waals surface area contributed by atoms with Gasteiger partial charge in [-0.25, -0.2) is 19.6 Å². The van der Waals surface area contributed by atoms with Gasteiger partial charge in [-0.1, -0.05) is 6.07 Å². The number of nitrogens with zero attached hydrogens (tertiary/aromatic N) is 6. The molecule has 9 nitrogen and oxygen atoms in total. The van der Waals surface area contributed by atoms with Gasteiger partial charge in [0.1, 0.15) is 36.0 Å². The summed E-state index contributed by atoms with van der Waals surface area (Å²) in [6, 6.07) is 7.67. The van der Waals surface area contributed by atoms with Gasteiger partial charge in [-0.15, -0.1) is 11.3 Å². The standard InChI is InChI=1S/C18H15N7O2S/c1-12(25-17(26)5-4-13(23-25)14-3-2-8-28-14)18(27)22-15-9-16(21-10-20-15)24-7-6-19-11-24/h2-12H,1H3,(H,20,21,22,27). The third-order valence-electron chi connectivity index (χ3n) is 4.02. The number of amides is 1. The summed E-state index contributed by atoms with van der Waals surface area (Å²) in [6.45, 7) is 1.61. The quantitative estimate of drug-likeness (QED) is 0.557. The second-order valence-electron chi connectivity index (χ2n) is 5.88. The molecule has 4 rings (SSSR count). The number of aromatic nitrogens is 6. The van der Waals surface area contributed by atoms with Crippen molar-refractivity contribution in [2.75, 3.05) is 5.32 Å². The Balaban J connectivity index is 1.57. The zero-order chi connectivity index (χ0) is 19.5. The molecule has 140 valence electrons. The van der Waals surface area contributed by atoms with E-state index >= 15 is 0 Å². The van der Waals surface area contributed by atoms with Crippen molar-refractivity contribution in [1.29, 1.82) is 0 Å². The molecule has 4 aromatic heterocycles. The number of carbonyl (C=O) groups is 1. The largest absolute Gasteiger partial charge is 0.309 e. The molecule has 0 aliphatic heterocycles. The SMILES string of the molecule is CC(C(=O)Nc1cc(-n2ccnc2)ncn1)n1nc(-c2cccs2)ccc1=O. The van der Waals surface area contributed by atoms with Crippen molar-refractivity contribution >= 4 is 23.1 Å². The second kappa shape index (κ2) is 7.53. The number of hydrogen-bond donors (Lipinski definition) is 1. The lowest BCUT2D eigenvalue weighted by molar-refractivity contribution is -0.119. The Morgan fingerprint density at radius 2 is 2.14 bits per heavy atom. The zero-order valence-electron chi connectivity index (χ0n) is 14.8. The first-order valence-corrected chi connectivity index (χ1v) is 9.25. The van der Waals surface area contributed by atoms with E-state index in [0.29, 0.717) is 17.3 Å². The fourth-order valence-corrected chi connectivity index (χ4v) is 3.24. The molecule has 0 saturated heterocycles. The summed E-state index contributed by atoms with van der Waals surface area (Å²) in [6.07, 6.45) is 6.30. The summed E-state index contributed by atoms with van der Waals surface area (Å²) >= 11 is 1.51. The van der Waals surface area contributed by atoms with E-state index in [0.717, 1.165) is 4.88 Å². The summed E-state index contributed by atoms with van der Waals surface area (Å²) in [5.41, 5.74) is 0.281. The Morgan fingerprint density at radius 3 is 2.89 bits per heavy atom. The smallest absolute Gasteiger partial charge is 0.267 e. The van der Waals surface area contributed by atoms with Crippen molar-refractivity contribution in [3.05, 3.63) is 71.1 Å². The monoisotopic (exact) mass is 393 g/mol. The van der Waals surface area contributed by atoms with Gasteiger partial charge in [0.15, 0.2) is 0 Å². The van der Waals surface area contributed by atoms with E-state index in [4.69, 9.17) is 0 Å². The third kappa shape index (κ3) is 3.58. The van der Waals surface area contributed by atoms with Crippen LogP contribution < -0.4 is 10.9 Å².